The second-order valence-corrected chi connectivity index (χ2v) is 12.1. The number of aromatic amines is 1. The smallest absolute Gasteiger partial charge is 0.245 e. The molecule has 1 aliphatic rings. The van der Waals surface area contributed by atoms with Crippen molar-refractivity contribution < 1.29 is 33.9 Å². The van der Waals surface area contributed by atoms with Crippen LogP contribution >= 0.6 is 0 Å². The first-order valence-corrected chi connectivity index (χ1v) is 15.8. The minimum absolute atomic E-state index is 0.0672. The zero-order chi connectivity index (χ0) is 35.4. The summed E-state index contributed by atoms with van der Waals surface area (Å²) in [6.07, 6.45) is 2.71. The predicted molar refractivity (Wildman–Crippen MR) is 177 cm³/mol. The lowest BCUT2D eigenvalue weighted by Crippen LogP contribution is -2.59. The summed E-state index contributed by atoms with van der Waals surface area (Å²) in [5.74, 6) is -4.20. The summed E-state index contributed by atoms with van der Waals surface area (Å²) in [4.78, 5) is 83.8. The Kier molecular flexibility index (Phi) is 13.7. The second kappa shape index (κ2) is 17.7. The Morgan fingerprint density at radius 2 is 1.58 bits per heavy atom. The van der Waals surface area contributed by atoms with Crippen LogP contribution in [0, 0.1) is 5.92 Å². The molecule has 3 rings (SSSR count). The van der Waals surface area contributed by atoms with Crippen molar-refractivity contribution in [3.63, 3.8) is 0 Å². The first-order chi connectivity index (χ1) is 22.8. The number of aliphatic hydroxyl groups is 1. The van der Waals surface area contributed by atoms with Crippen molar-refractivity contribution in [2.24, 2.45) is 28.1 Å². The fourth-order valence-electron chi connectivity index (χ4n) is 5.31. The van der Waals surface area contributed by atoms with Crippen LogP contribution in [0.1, 0.15) is 51.5 Å². The van der Waals surface area contributed by atoms with Crippen molar-refractivity contribution in [2.75, 3.05) is 13.2 Å². The van der Waals surface area contributed by atoms with Gasteiger partial charge in [0, 0.05) is 36.5 Å². The fraction of sp³-hybridized carbons (Fsp3) is 0.516. The van der Waals surface area contributed by atoms with E-state index < -0.39 is 66.4 Å². The lowest BCUT2D eigenvalue weighted by molar-refractivity contribution is -0.135. The first kappa shape index (κ1) is 37.3. The minimum Gasteiger partial charge on any atom is -0.394 e. The number of para-hydroxylation sites is 1. The highest BCUT2D eigenvalue weighted by molar-refractivity contribution is 5.97. The van der Waals surface area contributed by atoms with Crippen LogP contribution in [-0.2, 0) is 35.2 Å². The van der Waals surface area contributed by atoms with Crippen LogP contribution in [0.4, 0.5) is 0 Å². The third-order valence-corrected chi connectivity index (χ3v) is 7.80. The number of amides is 6. The van der Waals surface area contributed by atoms with Gasteiger partial charge in [-0.2, -0.15) is 0 Å². The van der Waals surface area contributed by atoms with Crippen LogP contribution in [-0.4, -0.2) is 94.9 Å². The molecular formula is C31H46N10O7. The Morgan fingerprint density at radius 1 is 0.938 bits per heavy atom. The van der Waals surface area contributed by atoms with Gasteiger partial charge in [-0.15, -0.1) is 0 Å². The van der Waals surface area contributed by atoms with Gasteiger partial charge >= 0.3 is 0 Å². The molecule has 17 nitrogen and oxygen atoms in total. The Labute approximate surface area is 277 Å². The topological polar surface area (TPSA) is 289 Å². The van der Waals surface area contributed by atoms with Gasteiger partial charge in [-0.25, -0.2) is 0 Å². The summed E-state index contributed by atoms with van der Waals surface area (Å²) >= 11 is 0. The number of hydrogen-bond donors (Lipinski definition) is 10. The molecule has 6 amide bonds. The number of carbonyl (C=O) groups excluding carboxylic acids is 6. The summed E-state index contributed by atoms with van der Waals surface area (Å²) in [5.41, 5.74) is 18.1. The minimum atomic E-state index is -1.41. The number of aliphatic hydroxyl groups excluding tert-OH is 1. The van der Waals surface area contributed by atoms with Gasteiger partial charge in [0.1, 0.15) is 30.2 Å². The molecule has 48 heavy (non-hydrogen) atoms. The average molecular weight is 671 g/mol. The van der Waals surface area contributed by atoms with E-state index in [1.54, 1.807) is 6.20 Å². The molecule has 1 fully saturated rings. The number of aliphatic imine (C=N–C) groups is 1. The Balaban J connectivity index is 1.74. The molecule has 2 aromatic rings. The maximum absolute atomic E-state index is 13.6. The van der Waals surface area contributed by atoms with E-state index in [9.17, 15) is 33.9 Å². The number of benzene rings is 1. The van der Waals surface area contributed by atoms with Crippen molar-refractivity contribution in [1.29, 1.82) is 0 Å². The summed E-state index contributed by atoms with van der Waals surface area (Å²) in [6.45, 7) is 3.03. The summed E-state index contributed by atoms with van der Waals surface area (Å²) in [6, 6.07) is 1.74. The highest BCUT2D eigenvalue weighted by Crippen LogP contribution is 2.19. The van der Waals surface area contributed by atoms with E-state index in [0.29, 0.717) is 0 Å². The quantitative estimate of drug-likeness (QED) is 0.0455. The van der Waals surface area contributed by atoms with E-state index >= 15 is 0 Å². The molecule has 1 saturated heterocycles. The number of nitrogens with two attached hydrogens (primary N) is 3. The maximum Gasteiger partial charge on any atom is 0.245 e. The zero-order valence-electron chi connectivity index (χ0n) is 27.1. The Hall–Kier alpha value is -5.19. The van der Waals surface area contributed by atoms with Crippen molar-refractivity contribution >= 4 is 52.3 Å². The molecule has 0 aliphatic carbocycles. The predicted octanol–water partition coefficient (Wildman–Crippen LogP) is -2.49. The number of nitrogens with one attached hydrogen (secondary N) is 6. The van der Waals surface area contributed by atoms with E-state index in [0.717, 1.165) is 16.5 Å². The monoisotopic (exact) mass is 670 g/mol. The van der Waals surface area contributed by atoms with Crippen LogP contribution in [0.2, 0.25) is 0 Å². The number of aromatic nitrogens is 1. The van der Waals surface area contributed by atoms with E-state index in [-0.39, 0.29) is 62.9 Å². The van der Waals surface area contributed by atoms with E-state index in [1.165, 1.54) is 0 Å². The molecule has 17 heteroatoms. The summed E-state index contributed by atoms with van der Waals surface area (Å²) < 4.78 is 0. The molecule has 13 N–H and O–H groups in total. The number of guanidine groups is 1. The van der Waals surface area contributed by atoms with E-state index in [1.807, 2.05) is 38.1 Å². The lowest BCUT2D eigenvalue weighted by Gasteiger charge is -2.27. The van der Waals surface area contributed by atoms with Crippen molar-refractivity contribution in [3.8, 4) is 0 Å². The van der Waals surface area contributed by atoms with Crippen LogP contribution in [0.25, 0.3) is 10.9 Å². The molecule has 5 unspecified atom stereocenters. The van der Waals surface area contributed by atoms with Crippen molar-refractivity contribution in [3.05, 3.63) is 36.0 Å². The average Bonchev–Trinajstić information content (AvgIpc) is 3.66. The highest BCUT2D eigenvalue weighted by Gasteiger charge is 2.33. The van der Waals surface area contributed by atoms with Gasteiger partial charge in [0.05, 0.1) is 6.61 Å². The highest BCUT2D eigenvalue weighted by atomic mass is 16.3. The Morgan fingerprint density at radius 3 is 2.21 bits per heavy atom. The van der Waals surface area contributed by atoms with Crippen LogP contribution in [0.3, 0.4) is 0 Å². The zero-order valence-corrected chi connectivity index (χ0v) is 27.1. The number of hydrogen-bond acceptors (Lipinski definition) is 8. The van der Waals surface area contributed by atoms with Crippen molar-refractivity contribution in [2.45, 2.75) is 82.6 Å². The maximum atomic E-state index is 13.6. The normalized spacial score (nSPS) is 16.7. The molecular weight excluding hydrogens is 624 g/mol. The number of fused-ring (bicyclic) bond motifs is 1. The fourth-order valence-corrected chi connectivity index (χ4v) is 5.31. The van der Waals surface area contributed by atoms with Crippen LogP contribution < -0.4 is 43.8 Å². The molecule has 0 saturated carbocycles. The molecule has 0 bridgehead atoms. The third kappa shape index (κ3) is 11.0. The molecule has 0 radical (unpaired) electrons. The van der Waals surface area contributed by atoms with Gasteiger partial charge in [-0.05, 0) is 43.2 Å². The molecule has 5 atom stereocenters. The summed E-state index contributed by atoms with van der Waals surface area (Å²) in [7, 11) is 0. The van der Waals surface area contributed by atoms with Gasteiger partial charge < -0.3 is 53.9 Å². The molecule has 2 heterocycles. The number of rotatable bonds is 18. The van der Waals surface area contributed by atoms with E-state index in [4.69, 9.17) is 17.2 Å². The van der Waals surface area contributed by atoms with Crippen molar-refractivity contribution in [1.82, 2.24) is 31.6 Å². The number of H-pyrrole nitrogens is 1. The third-order valence-electron chi connectivity index (χ3n) is 7.80. The molecule has 1 aromatic carbocycles. The number of primary amides is 1. The Bertz CT molecular complexity index is 1500. The molecule has 1 aliphatic heterocycles. The van der Waals surface area contributed by atoms with Gasteiger partial charge in [0.2, 0.25) is 35.4 Å². The molecule has 262 valence electrons. The SMILES string of the molecule is CC(C)CC(NC(=O)C(CO)NC(=O)C1CCC(=O)N1)C(=O)NC(CCCN=C(N)N)C(=O)NC(Cc1c[nH]c2ccccc12)C(N)=O. The molecule has 1 aromatic heterocycles. The van der Waals surface area contributed by atoms with E-state index in [2.05, 4.69) is 36.6 Å². The van der Waals surface area contributed by atoms with Gasteiger partial charge in [-0.1, -0.05) is 32.0 Å². The number of carbonyl (C=O) groups is 6. The van der Waals surface area contributed by atoms with Gasteiger partial charge in [0.15, 0.2) is 5.96 Å². The number of nitrogens with zero attached hydrogens (tertiary/aromatic N) is 1. The van der Waals surface area contributed by atoms with Crippen LogP contribution in [0.5, 0.6) is 0 Å². The van der Waals surface area contributed by atoms with Crippen LogP contribution in [0.15, 0.2) is 35.5 Å². The first-order valence-electron chi connectivity index (χ1n) is 15.8. The van der Waals surface area contributed by atoms with Gasteiger partial charge in [0.25, 0.3) is 0 Å². The molecule has 0 spiro atoms. The lowest BCUT2D eigenvalue weighted by atomic mass is 10.0. The van der Waals surface area contributed by atoms with Gasteiger partial charge in [-0.3, -0.25) is 33.8 Å². The standard InChI is InChI=1S/C31H46N10O7/c1-16(2)12-23(40-30(48)24(15-42)41-28(46)21-9-10-25(43)37-21)29(47)38-20(8-5-11-35-31(33)34)27(45)39-22(26(32)44)13-17-14-36-19-7-4-3-6-18(17)19/h3-4,6-7,14,16,20-24,36,42H,5,8-13,15H2,1-2H3,(H2,32,44)(H,37,43)(H,38,47)(H,39,45)(H,40,48)(H,41,46)(H4,33,34,35). The summed E-state index contributed by atoms with van der Waals surface area (Å²) in [5, 5.41) is 23.5. The largest absolute Gasteiger partial charge is 0.394 e. The second-order valence-electron chi connectivity index (χ2n) is 12.1.